The molecule has 1 aromatic carbocycles. The number of hydrogen-bond acceptors (Lipinski definition) is 2. The van der Waals surface area contributed by atoms with Crippen molar-refractivity contribution in [3.63, 3.8) is 0 Å². The van der Waals surface area contributed by atoms with Gasteiger partial charge in [0.1, 0.15) is 0 Å². The van der Waals surface area contributed by atoms with Crippen LogP contribution >= 0.6 is 11.6 Å². The lowest BCUT2D eigenvalue weighted by atomic mass is 10.0. The van der Waals surface area contributed by atoms with E-state index in [0.29, 0.717) is 12.5 Å². The second kappa shape index (κ2) is 4.52. The van der Waals surface area contributed by atoms with Crippen molar-refractivity contribution in [2.45, 2.75) is 12.5 Å². The molecule has 0 aromatic heterocycles. The lowest BCUT2D eigenvalue weighted by molar-refractivity contribution is 0.0732. The summed E-state index contributed by atoms with van der Waals surface area (Å²) in [7, 11) is 0. The zero-order valence-electron chi connectivity index (χ0n) is 9.83. The number of hydrogen-bond donors (Lipinski definition) is 1. The van der Waals surface area contributed by atoms with Crippen LogP contribution in [0.2, 0.25) is 5.02 Å². The normalized spacial score (nSPS) is 26.4. The number of carbonyl (C=O) groups is 1. The summed E-state index contributed by atoms with van der Waals surface area (Å²) in [5.41, 5.74) is 0.0788. The first-order chi connectivity index (χ1) is 8.68. The molecule has 0 saturated carbocycles. The summed E-state index contributed by atoms with van der Waals surface area (Å²) in [6.07, 6.45) is 0.992. The molecule has 1 aromatic rings. The number of fused-ring (bicyclic) bond motifs is 1. The first kappa shape index (κ1) is 11.9. The molecule has 0 unspecified atom stereocenters. The molecule has 0 spiro atoms. The Morgan fingerprint density at radius 2 is 2.28 bits per heavy atom. The van der Waals surface area contributed by atoms with Gasteiger partial charge in [-0.2, -0.15) is 0 Å². The molecule has 96 valence electrons. The van der Waals surface area contributed by atoms with Gasteiger partial charge in [-0.3, -0.25) is 4.79 Å². The zero-order valence-corrected chi connectivity index (χ0v) is 10.6. The van der Waals surface area contributed by atoms with Crippen LogP contribution in [0, 0.1) is 11.7 Å². The molecule has 0 aliphatic carbocycles. The van der Waals surface area contributed by atoms with Crippen LogP contribution in [0.15, 0.2) is 18.2 Å². The number of carbonyl (C=O) groups excluding carboxylic acids is 1. The third-order valence-electron chi connectivity index (χ3n) is 3.89. The fourth-order valence-electron chi connectivity index (χ4n) is 2.93. The van der Waals surface area contributed by atoms with E-state index in [4.69, 9.17) is 11.6 Å². The Morgan fingerprint density at radius 3 is 3.11 bits per heavy atom. The van der Waals surface area contributed by atoms with Crippen molar-refractivity contribution in [2.75, 3.05) is 19.6 Å². The summed E-state index contributed by atoms with van der Waals surface area (Å²) >= 11 is 5.72. The molecule has 2 atom stereocenters. The molecule has 5 heteroatoms. The SMILES string of the molecule is O=C(c1cccc(Cl)c1F)N1CC[C@H]2CNC[C@H]21. The van der Waals surface area contributed by atoms with E-state index in [1.54, 1.807) is 11.0 Å². The quantitative estimate of drug-likeness (QED) is 0.844. The first-order valence-corrected chi connectivity index (χ1v) is 6.52. The predicted octanol–water partition coefficient (Wildman–Crippen LogP) is 1.91. The van der Waals surface area contributed by atoms with Crippen molar-refractivity contribution in [2.24, 2.45) is 5.92 Å². The van der Waals surface area contributed by atoms with Gasteiger partial charge in [0.05, 0.1) is 10.6 Å². The molecule has 1 N–H and O–H groups in total. The van der Waals surface area contributed by atoms with Crippen LogP contribution in [0.3, 0.4) is 0 Å². The van der Waals surface area contributed by atoms with Crippen molar-refractivity contribution in [3.8, 4) is 0 Å². The monoisotopic (exact) mass is 268 g/mol. The fourth-order valence-corrected chi connectivity index (χ4v) is 3.10. The fraction of sp³-hybridized carbons (Fsp3) is 0.462. The highest BCUT2D eigenvalue weighted by Gasteiger charge is 2.40. The molecule has 3 nitrogen and oxygen atoms in total. The Balaban J connectivity index is 1.88. The molecule has 2 saturated heterocycles. The van der Waals surface area contributed by atoms with E-state index in [9.17, 15) is 9.18 Å². The Labute approximate surface area is 110 Å². The van der Waals surface area contributed by atoms with Crippen molar-refractivity contribution < 1.29 is 9.18 Å². The molecule has 2 heterocycles. The van der Waals surface area contributed by atoms with Crippen LogP contribution in [0.4, 0.5) is 4.39 Å². The van der Waals surface area contributed by atoms with E-state index in [2.05, 4.69) is 5.32 Å². The second-order valence-electron chi connectivity index (χ2n) is 4.87. The Bertz CT molecular complexity index is 494. The van der Waals surface area contributed by atoms with Gasteiger partial charge in [0.25, 0.3) is 5.91 Å². The number of amides is 1. The summed E-state index contributed by atoms with van der Waals surface area (Å²) in [6.45, 7) is 2.47. The topological polar surface area (TPSA) is 32.3 Å². The molecule has 1 amide bonds. The molecule has 0 radical (unpaired) electrons. The summed E-state index contributed by atoms with van der Waals surface area (Å²) in [5, 5.41) is 3.27. The van der Waals surface area contributed by atoms with Crippen LogP contribution < -0.4 is 5.32 Å². The van der Waals surface area contributed by atoms with Gasteiger partial charge in [-0.25, -0.2) is 4.39 Å². The number of likely N-dealkylation sites (tertiary alicyclic amines) is 1. The van der Waals surface area contributed by atoms with E-state index >= 15 is 0 Å². The summed E-state index contributed by atoms with van der Waals surface area (Å²) in [5.74, 6) is -0.346. The van der Waals surface area contributed by atoms with Crippen LogP contribution in [0.5, 0.6) is 0 Å². The van der Waals surface area contributed by atoms with E-state index in [-0.39, 0.29) is 22.5 Å². The minimum Gasteiger partial charge on any atom is -0.334 e. The molecule has 2 fully saturated rings. The van der Waals surface area contributed by atoms with Gasteiger partial charge >= 0.3 is 0 Å². The largest absolute Gasteiger partial charge is 0.334 e. The number of nitrogens with zero attached hydrogens (tertiary/aromatic N) is 1. The third-order valence-corrected chi connectivity index (χ3v) is 4.18. The lowest BCUT2D eigenvalue weighted by Crippen LogP contribution is -2.39. The van der Waals surface area contributed by atoms with Crippen molar-refractivity contribution in [3.05, 3.63) is 34.6 Å². The van der Waals surface area contributed by atoms with Crippen LogP contribution in [-0.4, -0.2) is 36.5 Å². The van der Waals surface area contributed by atoms with Crippen LogP contribution in [0.25, 0.3) is 0 Å². The summed E-state index contributed by atoms with van der Waals surface area (Å²) in [4.78, 5) is 14.1. The van der Waals surface area contributed by atoms with Crippen molar-refractivity contribution >= 4 is 17.5 Å². The van der Waals surface area contributed by atoms with Gasteiger partial charge in [0, 0.05) is 25.7 Å². The van der Waals surface area contributed by atoms with Gasteiger partial charge in [0.15, 0.2) is 5.82 Å². The molecule has 2 aliphatic rings. The smallest absolute Gasteiger partial charge is 0.257 e. The van der Waals surface area contributed by atoms with Crippen LogP contribution in [0.1, 0.15) is 16.8 Å². The number of benzene rings is 1. The third kappa shape index (κ3) is 1.80. The Hall–Kier alpha value is -1.13. The number of halogens is 2. The van der Waals surface area contributed by atoms with E-state index in [0.717, 1.165) is 19.5 Å². The van der Waals surface area contributed by atoms with E-state index in [1.807, 2.05) is 0 Å². The average Bonchev–Trinajstić information content (AvgIpc) is 2.94. The summed E-state index contributed by atoms with van der Waals surface area (Å²) < 4.78 is 13.9. The number of rotatable bonds is 1. The Morgan fingerprint density at radius 1 is 1.44 bits per heavy atom. The van der Waals surface area contributed by atoms with Crippen LogP contribution in [-0.2, 0) is 0 Å². The number of nitrogens with one attached hydrogen (secondary N) is 1. The predicted molar refractivity (Wildman–Crippen MR) is 67.2 cm³/mol. The first-order valence-electron chi connectivity index (χ1n) is 6.14. The van der Waals surface area contributed by atoms with E-state index in [1.165, 1.54) is 12.1 Å². The standard InChI is InChI=1S/C13H14ClFN2O/c14-10-3-1-2-9(12(10)15)13(18)17-5-4-8-6-16-7-11(8)17/h1-3,8,11,16H,4-7H2/t8-,11+/m0/s1. The highest BCUT2D eigenvalue weighted by atomic mass is 35.5. The maximum Gasteiger partial charge on any atom is 0.257 e. The lowest BCUT2D eigenvalue weighted by Gasteiger charge is -2.23. The average molecular weight is 269 g/mol. The highest BCUT2D eigenvalue weighted by Crippen LogP contribution is 2.29. The van der Waals surface area contributed by atoms with Crippen molar-refractivity contribution in [1.82, 2.24) is 10.2 Å². The molecule has 3 rings (SSSR count). The van der Waals surface area contributed by atoms with Gasteiger partial charge in [-0.05, 0) is 24.5 Å². The molecular formula is C13H14ClFN2O. The molecule has 18 heavy (non-hydrogen) atoms. The molecule has 2 aliphatic heterocycles. The minimum atomic E-state index is -0.612. The summed E-state index contributed by atoms with van der Waals surface area (Å²) in [6, 6.07) is 4.77. The van der Waals surface area contributed by atoms with E-state index < -0.39 is 5.82 Å². The Kier molecular flexibility index (Phi) is 2.99. The highest BCUT2D eigenvalue weighted by molar-refractivity contribution is 6.31. The van der Waals surface area contributed by atoms with Gasteiger partial charge < -0.3 is 10.2 Å². The van der Waals surface area contributed by atoms with Gasteiger partial charge in [-0.1, -0.05) is 17.7 Å². The van der Waals surface area contributed by atoms with Crippen molar-refractivity contribution in [1.29, 1.82) is 0 Å². The molecular weight excluding hydrogens is 255 g/mol. The minimum absolute atomic E-state index is 0.00106. The van der Waals surface area contributed by atoms with Gasteiger partial charge in [-0.15, -0.1) is 0 Å². The second-order valence-corrected chi connectivity index (χ2v) is 5.28. The van der Waals surface area contributed by atoms with Gasteiger partial charge in [0.2, 0.25) is 0 Å². The maximum absolute atomic E-state index is 13.9. The maximum atomic E-state index is 13.9. The zero-order chi connectivity index (χ0) is 12.7. The molecule has 0 bridgehead atoms.